The number of aromatic nitrogens is 3. The summed E-state index contributed by atoms with van der Waals surface area (Å²) < 4.78 is 1.13. The zero-order valence-corrected chi connectivity index (χ0v) is 9.11. The number of amides is 1. The molecule has 0 atom stereocenters. The molecule has 7 nitrogen and oxygen atoms in total. The Morgan fingerprint density at radius 3 is 2.88 bits per heavy atom. The van der Waals surface area contributed by atoms with Crippen LogP contribution in [0.5, 0.6) is 0 Å². The SMILES string of the molecule is O=C(O)Cn1cc(C(=O)N2CC=CCC2)nn1. The van der Waals surface area contributed by atoms with Crippen molar-refractivity contribution in [3.8, 4) is 0 Å². The number of hydrogen-bond acceptors (Lipinski definition) is 4. The van der Waals surface area contributed by atoms with Gasteiger partial charge < -0.3 is 10.0 Å². The number of carbonyl (C=O) groups excluding carboxylic acids is 1. The van der Waals surface area contributed by atoms with E-state index in [0.29, 0.717) is 13.1 Å². The summed E-state index contributed by atoms with van der Waals surface area (Å²) >= 11 is 0. The van der Waals surface area contributed by atoms with Crippen LogP contribution >= 0.6 is 0 Å². The van der Waals surface area contributed by atoms with E-state index < -0.39 is 5.97 Å². The Kier molecular flexibility index (Phi) is 3.17. The minimum Gasteiger partial charge on any atom is -0.480 e. The molecule has 0 radical (unpaired) electrons. The lowest BCUT2D eigenvalue weighted by atomic mass is 10.2. The fourth-order valence-electron chi connectivity index (χ4n) is 1.60. The smallest absolute Gasteiger partial charge is 0.325 e. The summed E-state index contributed by atoms with van der Waals surface area (Å²) in [5.74, 6) is -1.24. The molecule has 1 amide bonds. The van der Waals surface area contributed by atoms with Crippen molar-refractivity contribution >= 4 is 11.9 Å². The second-order valence-electron chi connectivity index (χ2n) is 3.71. The molecule has 1 aromatic heterocycles. The summed E-state index contributed by atoms with van der Waals surface area (Å²) in [6.45, 7) is 0.923. The van der Waals surface area contributed by atoms with Crippen molar-refractivity contribution < 1.29 is 14.7 Å². The van der Waals surface area contributed by atoms with Crippen molar-refractivity contribution in [1.29, 1.82) is 0 Å². The van der Waals surface area contributed by atoms with Crippen LogP contribution in [0, 0.1) is 0 Å². The van der Waals surface area contributed by atoms with E-state index in [9.17, 15) is 9.59 Å². The average molecular weight is 236 g/mol. The van der Waals surface area contributed by atoms with Crippen molar-refractivity contribution in [3.63, 3.8) is 0 Å². The molecule has 1 aliphatic heterocycles. The molecule has 7 heteroatoms. The van der Waals surface area contributed by atoms with Crippen molar-refractivity contribution in [2.45, 2.75) is 13.0 Å². The maximum Gasteiger partial charge on any atom is 0.325 e. The van der Waals surface area contributed by atoms with E-state index in [0.717, 1.165) is 11.1 Å². The first-order valence-electron chi connectivity index (χ1n) is 5.23. The largest absolute Gasteiger partial charge is 0.480 e. The number of carboxylic acids is 1. The van der Waals surface area contributed by atoms with Gasteiger partial charge in [0.25, 0.3) is 5.91 Å². The molecule has 1 aromatic rings. The van der Waals surface area contributed by atoms with Crippen molar-refractivity contribution in [3.05, 3.63) is 24.0 Å². The number of aliphatic carboxylic acids is 1. The van der Waals surface area contributed by atoms with Crippen LogP contribution in [0.4, 0.5) is 0 Å². The van der Waals surface area contributed by atoms with Gasteiger partial charge in [0.05, 0.1) is 6.20 Å². The number of carbonyl (C=O) groups is 2. The molecule has 2 rings (SSSR count). The first-order valence-corrected chi connectivity index (χ1v) is 5.23. The summed E-state index contributed by atoms with van der Waals surface area (Å²) in [6.07, 6.45) is 6.12. The monoisotopic (exact) mass is 236 g/mol. The van der Waals surface area contributed by atoms with E-state index in [1.54, 1.807) is 4.90 Å². The summed E-state index contributed by atoms with van der Waals surface area (Å²) in [4.78, 5) is 24.0. The highest BCUT2D eigenvalue weighted by Crippen LogP contribution is 2.06. The second kappa shape index (κ2) is 4.77. The molecule has 0 aliphatic carbocycles. The molecule has 17 heavy (non-hydrogen) atoms. The van der Waals surface area contributed by atoms with Gasteiger partial charge in [0, 0.05) is 13.1 Å². The van der Waals surface area contributed by atoms with Gasteiger partial charge in [-0.3, -0.25) is 9.59 Å². The van der Waals surface area contributed by atoms with Crippen LogP contribution < -0.4 is 0 Å². The van der Waals surface area contributed by atoms with Gasteiger partial charge in [-0.15, -0.1) is 5.10 Å². The Labute approximate surface area is 97.3 Å². The van der Waals surface area contributed by atoms with Gasteiger partial charge in [0.2, 0.25) is 0 Å². The first-order chi connectivity index (χ1) is 8.16. The van der Waals surface area contributed by atoms with E-state index in [4.69, 9.17) is 5.11 Å². The molecule has 0 saturated heterocycles. The van der Waals surface area contributed by atoms with E-state index in [1.165, 1.54) is 6.20 Å². The van der Waals surface area contributed by atoms with Gasteiger partial charge in [0.1, 0.15) is 6.54 Å². The Hall–Kier alpha value is -2.18. The van der Waals surface area contributed by atoms with E-state index in [1.807, 2.05) is 12.2 Å². The summed E-state index contributed by atoms with van der Waals surface area (Å²) in [5, 5.41) is 15.8. The summed E-state index contributed by atoms with van der Waals surface area (Å²) in [6, 6.07) is 0. The highest BCUT2D eigenvalue weighted by atomic mass is 16.4. The number of hydrogen-bond donors (Lipinski definition) is 1. The molecule has 0 bridgehead atoms. The lowest BCUT2D eigenvalue weighted by Gasteiger charge is -2.21. The predicted molar refractivity (Wildman–Crippen MR) is 57.3 cm³/mol. The van der Waals surface area contributed by atoms with E-state index >= 15 is 0 Å². The van der Waals surface area contributed by atoms with Crippen molar-refractivity contribution in [2.24, 2.45) is 0 Å². The maximum absolute atomic E-state index is 11.9. The average Bonchev–Trinajstić information content (AvgIpc) is 2.77. The van der Waals surface area contributed by atoms with Crippen LogP contribution in [-0.2, 0) is 11.3 Å². The van der Waals surface area contributed by atoms with Crippen molar-refractivity contribution in [1.82, 2.24) is 19.9 Å². The Morgan fingerprint density at radius 1 is 1.41 bits per heavy atom. The van der Waals surface area contributed by atoms with Gasteiger partial charge in [0.15, 0.2) is 5.69 Å². The van der Waals surface area contributed by atoms with Crippen LogP contribution in [0.3, 0.4) is 0 Å². The van der Waals surface area contributed by atoms with Gasteiger partial charge in [-0.1, -0.05) is 17.4 Å². The Morgan fingerprint density at radius 2 is 2.24 bits per heavy atom. The third kappa shape index (κ3) is 2.68. The zero-order chi connectivity index (χ0) is 12.3. The molecule has 2 heterocycles. The molecule has 0 fully saturated rings. The number of nitrogens with zero attached hydrogens (tertiary/aromatic N) is 4. The highest BCUT2D eigenvalue weighted by molar-refractivity contribution is 5.92. The zero-order valence-electron chi connectivity index (χ0n) is 9.11. The minimum absolute atomic E-state index is 0.182. The number of carboxylic acid groups (broad SMARTS) is 1. The Balaban J connectivity index is 2.06. The number of rotatable bonds is 3. The lowest BCUT2D eigenvalue weighted by molar-refractivity contribution is -0.137. The second-order valence-corrected chi connectivity index (χ2v) is 3.71. The van der Waals surface area contributed by atoms with E-state index in [2.05, 4.69) is 10.3 Å². The molecule has 0 spiro atoms. The summed E-state index contributed by atoms with van der Waals surface area (Å²) in [5.41, 5.74) is 0.182. The molecule has 0 unspecified atom stereocenters. The molecule has 90 valence electrons. The molecule has 0 saturated carbocycles. The maximum atomic E-state index is 11.9. The molecular formula is C10H12N4O3. The van der Waals surface area contributed by atoms with Gasteiger partial charge in [-0.05, 0) is 6.42 Å². The van der Waals surface area contributed by atoms with Crippen LogP contribution in [0.15, 0.2) is 18.3 Å². The summed E-state index contributed by atoms with van der Waals surface area (Å²) in [7, 11) is 0. The topological polar surface area (TPSA) is 88.3 Å². The minimum atomic E-state index is -1.02. The highest BCUT2D eigenvalue weighted by Gasteiger charge is 2.19. The van der Waals surface area contributed by atoms with Gasteiger partial charge in [-0.2, -0.15) is 0 Å². The van der Waals surface area contributed by atoms with Crippen LogP contribution in [0.1, 0.15) is 16.9 Å². The third-order valence-electron chi connectivity index (χ3n) is 2.40. The normalized spacial score (nSPS) is 14.9. The third-order valence-corrected chi connectivity index (χ3v) is 2.40. The van der Waals surface area contributed by atoms with Crippen LogP contribution in [0.2, 0.25) is 0 Å². The lowest BCUT2D eigenvalue weighted by Crippen LogP contribution is -2.34. The predicted octanol–water partition coefficient (Wildman–Crippen LogP) is -0.235. The van der Waals surface area contributed by atoms with Crippen molar-refractivity contribution in [2.75, 3.05) is 13.1 Å². The standard InChI is InChI=1S/C10H12N4O3/c15-9(16)7-14-6-8(11-12-14)10(17)13-4-2-1-3-5-13/h1-2,6H,3-5,7H2,(H,15,16). The first kappa shape index (κ1) is 11.3. The molecule has 1 N–H and O–H groups in total. The van der Waals surface area contributed by atoms with Gasteiger partial charge in [-0.25, -0.2) is 4.68 Å². The quantitative estimate of drug-likeness (QED) is 0.732. The van der Waals surface area contributed by atoms with E-state index in [-0.39, 0.29) is 18.1 Å². The van der Waals surface area contributed by atoms with Crippen LogP contribution in [-0.4, -0.2) is 50.0 Å². The van der Waals surface area contributed by atoms with Gasteiger partial charge >= 0.3 is 5.97 Å². The fourth-order valence-corrected chi connectivity index (χ4v) is 1.60. The molecule has 0 aromatic carbocycles. The molecule has 1 aliphatic rings. The fraction of sp³-hybridized carbons (Fsp3) is 0.400. The van der Waals surface area contributed by atoms with Crippen LogP contribution in [0.25, 0.3) is 0 Å². The molecular weight excluding hydrogens is 224 g/mol. The Bertz CT molecular complexity index is 466.